The maximum absolute atomic E-state index is 12.9. The molecule has 1 amide bonds. The van der Waals surface area contributed by atoms with Crippen molar-refractivity contribution in [1.29, 1.82) is 0 Å². The van der Waals surface area contributed by atoms with Crippen LogP contribution in [0.25, 0.3) is 0 Å². The number of carbonyl (C=O) groups is 1. The number of ether oxygens (including phenoxy) is 1. The van der Waals surface area contributed by atoms with Crippen LogP contribution in [0.1, 0.15) is 61.2 Å². The third-order valence-corrected chi connectivity index (χ3v) is 5.01. The van der Waals surface area contributed by atoms with Crippen LogP contribution in [0.4, 0.5) is 0 Å². The predicted octanol–water partition coefficient (Wildman–Crippen LogP) is 3.76. The van der Waals surface area contributed by atoms with Crippen molar-refractivity contribution >= 4 is 18.3 Å². The SMILES string of the molecule is COc1ccccc1C(CC(C)C)NC(=O)c1ccn(C2CCCNC2)n1.Cl. The minimum absolute atomic E-state index is 0. The summed E-state index contributed by atoms with van der Waals surface area (Å²) in [4.78, 5) is 12.9. The number of nitrogens with one attached hydrogen (secondary N) is 2. The molecule has 6 nitrogen and oxygen atoms in total. The third kappa shape index (κ3) is 5.49. The second-order valence-electron chi connectivity index (χ2n) is 7.58. The number of nitrogens with zero attached hydrogens (tertiary/aromatic N) is 2. The summed E-state index contributed by atoms with van der Waals surface area (Å²) in [6, 6.07) is 9.87. The summed E-state index contributed by atoms with van der Waals surface area (Å²) in [7, 11) is 1.66. The Labute approximate surface area is 173 Å². The van der Waals surface area contributed by atoms with Gasteiger partial charge in [0.25, 0.3) is 5.91 Å². The van der Waals surface area contributed by atoms with Gasteiger partial charge in [0.15, 0.2) is 0 Å². The van der Waals surface area contributed by atoms with Crippen molar-refractivity contribution in [3.63, 3.8) is 0 Å². The zero-order valence-corrected chi connectivity index (χ0v) is 17.7. The van der Waals surface area contributed by atoms with Gasteiger partial charge in [-0.1, -0.05) is 32.0 Å². The Balaban J connectivity index is 0.00000280. The lowest BCUT2D eigenvalue weighted by molar-refractivity contribution is 0.0925. The molecule has 0 saturated carbocycles. The Hall–Kier alpha value is -2.05. The first kappa shape index (κ1) is 22.2. The molecule has 2 N–H and O–H groups in total. The van der Waals surface area contributed by atoms with Crippen LogP contribution in [-0.4, -0.2) is 35.9 Å². The van der Waals surface area contributed by atoms with Crippen LogP contribution in [0.15, 0.2) is 36.5 Å². The smallest absolute Gasteiger partial charge is 0.272 e. The predicted molar refractivity (Wildman–Crippen MR) is 113 cm³/mol. The minimum atomic E-state index is -0.144. The van der Waals surface area contributed by atoms with E-state index in [1.165, 1.54) is 0 Å². The molecule has 28 heavy (non-hydrogen) atoms. The third-order valence-electron chi connectivity index (χ3n) is 5.01. The lowest BCUT2D eigenvalue weighted by Crippen LogP contribution is -2.33. The molecule has 1 fully saturated rings. The zero-order valence-electron chi connectivity index (χ0n) is 16.9. The summed E-state index contributed by atoms with van der Waals surface area (Å²) in [6.45, 7) is 6.26. The van der Waals surface area contributed by atoms with Crippen molar-refractivity contribution < 1.29 is 9.53 Å². The van der Waals surface area contributed by atoms with Gasteiger partial charge >= 0.3 is 0 Å². The highest BCUT2D eigenvalue weighted by molar-refractivity contribution is 5.92. The Kier molecular flexibility index (Phi) is 8.33. The maximum atomic E-state index is 12.9. The van der Waals surface area contributed by atoms with Crippen LogP contribution >= 0.6 is 12.4 Å². The second kappa shape index (κ2) is 10.5. The molecule has 7 heteroatoms. The standard InChI is InChI=1S/C21H30N4O2.ClH/c1-15(2)13-19(17-8-4-5-9-20(17)27-3)23-21(26)18-10-12-25(24-18)16-7-6-11-22-14-16;/h4-5,8-10,12,15-16,19,22H,6-7,11,13-14H2,1-3H3,(H,23,26);1H. The van der Waals surface area contributed by atoms with E-state index >= 15 is 0 Å². The van der Waals surface area contributed by atoms with Gasteiger partial charge in [-0.2, -0.15) is 5.10 Å². The lowest BCUT2D eigenvalue weighted by Gasteiger charge is -2.23. The van der Waals surface area contributed by atoms with Crippen LogP contribution in [0.5, 0.6) is 5.75 Å². The van der Waals surface area contributed by atoms with Gasteiger partial charge in [0.05, 0.1) is 19.2 Å². The fourth-order valence-electron chi connectivity index (χ4n) is 3.64. The number of carbonyl (C=O) groups excluding carboxylic acids is 1. The topological polar surface area (TPSA) is 68.2 Å². The monoisotopic (exact) mass is 406 g/mol. The average Bonchev–Trinajstić information content (AvgIpc) is 3.18. The van der Waals surface area contributed by atoms with Crippen LogP contribution in [0.3, 0.4) is 0 Å². The first-order valence-electron chi connectivity index (χ1n) is 9.78. The van der Waals surface area contributed by atoms with Gasteiger partial charge in [-0.15, -0.1) is 12.4 Å². The highest BCUT2D eigenvalue weighted by Gasteiger charge is 2.22. The number of benzene rings is 1. The molecule has 154 valence electrons. The zero-order chi connectivity index (χ0) is 19.2. The van der Waals surface area contributed by atoms with Crippen LogP contribution in [0, 0.1) is 5.92 Å². The van der Waals surface area contributed by atoms with E-state index in [9.17, 15) is 4.79 Å². The first-order chi connectivity index (χ1) is 13.1. The quantitative estimate of drug-likeness (QED) is 0.734. The van der Waals surface area contributed by atoms with Crippen molar-refractivity contribution in [2.24, 2.45) is 5.92 Å². The number of amides is 1. The Morgan fingerprint density at radius 2 is 2.14 bits per heavy atom. The molecule has 2 atom stereocenters. The molecule has 1 saturated heterocycles. The first-order valence-corrected chi connectivity index (χ1v) is 9.78. The number of halogens is 1. The minimum Gasteiger partial charge on any atom is -0.496 e. The number of methoxy groups -OCH3 is 1. The van der Waals surface area contributed by atoms with Gasteiger partial charge in [-0.05, 0) is 43.9 Å². The van der Waals surface area contributed by atoms with Gasteiger partial charge in [0, 0.05) is 18.3 Å². The number of hydrogen-bond acceptors (Lipinski definition) is 4. The highest BCUT2D eigenvalue weighted by atomic mass is 35.5. The average molecular weight is 407 g/mol. The van der Waals surface area contributed by atoms with Crippen LogP contribution in [0.2, 0.25) is 0 Å². The van der Waals surface area contributed by atoms with Gasteiger partial charge in [0.2, 0.25) is 0 Å². The molecule has 1 aliphatic heterocycles. The van der Waals surface area contributed by atoms with Crippen molar-refractivity contribution in [3.8, 4) is 5.75 Å². The van der Waals surface area contributed by atoms with Crippen LogP contribution < -0.4 is 15.4 Å². The number of rotatable bonds is 7. The summed E-state index contributed by atoms with van der Waals surface area (Å²) < 4.78 is 7.42. The Bertz CT molecular complexity index is 756. The van der Waals surface area contributed by atoms with E-state index in [1.807, 2.05) is 35.1 Å². The summed E-state index contributed by atoms with van der Waals surface area (Å²) >= 11 is 0. The van der Waals surface area contributed by atoms with E-state index in [1.54, 1.807) is 13.2 Å². The van der Waals surface area contributed by atoms with Gasteiger partial charge in [-0.3, -0.25) is 9.48 Å². The van der Waals surface area contributed by atoms with Crippen molar-refractivity contribution in [3.05, 3.63) is 47.8 Å². The highest BCUT2D eigenvalue weighted by Crippen LogP contribution is 2.29. The molecule has 1 aromatic heterocycles. The van der Waals surface area contributed by atoms with E-state index in [2.05, 4.69) is 29.6 Å². The van der Waals surface area contributed by atoms with Crippen LogP contribution in [-0.2, 0) is 0 Å². The Morgan fingerprint density at radius 3 is 2.82 bits per heavy atom. The number of para-hydroxylation sites is 1. The normalized spacial score (nSPS) is 17.6. The summed E-state index contributed by atoms with van der Waals surface area (Å²) in [5.41, 5.74) is 1.46. The summed E-state index contributed by atoms with van der Waals surface area (Å²) in [6.07, 6.45) is 4.97. The molecular formula is C21H31ClN4O2. The molecule has 2 unspecified atom stereocenters. The van der Waals surface area contributed by atoms with E-state index in [-0.39, 0.29) is 24.4 Å². The molecule has 0 aliphatic carbocycles. The molecule has 3 rings (SSSR count). The summed E-state index contributed by atoms with van der Waals surface area (Å²) in [5, 5.41) is 11.1. The van der Waals surface area contributed by atoms with Gasteiger partial charge in [0.1, 0.15) is 11.4 Å². The fourth-order valence-corrected chi connectivity index (χ4v) is 3.64. The van der Waals surface area contributed by atoms with E-state index in [0.29, 0.717) is 17.7 Å². The number of hydrogen-bond donors (Lipinski definition) is 2. The van der Waals surface area contributed by atoms with Crippen molar-refractivity contribution in [2.75, 3.05) is 20.2 Å². The van der Waals surface area contributed by atoms with Gasteiger partial charge in [-0.25, -0.2) is 0 Å². The summed E-state index contributed by atoms with van der Waals surface area (Å²) in [5.74, 6) is 1.09. The van der Waals surface area contributed by atoms with Gasteiger partial charge < -0.3 is 15.4 Å². The van der Waals surface area contributed by atoms with Crippen molar-refractivity contribution in [2.45, 2.75) is 45.2 Å². The number of aromatic nitrogens is 2. The number of piperidine rings is 1. The molecule has 0 bridgehead atoms. The fraction of sp³-hybridized carbons (Fsp3) is 0.524. The van der Waals surface area contributed by atoms with E-state index in [0.717, 1.165) is 43.7 Å². The molecule has 2 heterocycles. The molecule has 1 aromatic carbocycles. The molecule has 0 radical (unpaired) electrons. The molecule has 0 spiro atoms. The van der Waals surface area contributed by atoms with Crippen molar-refractivity contribution in [1.82, 2.24) is 20.4 Å². The molecule has 2 aromatic rings. The molecule has 1 aliphatic rings. The Morgan fingerprint density at radius 1 is 1.36 bits per heavy atom. The second-order valence-corrected chi connectivity index (χ2v) is 7.58. The lowest BCUT2D eigenvalue weighted by atomic mass is 9.96. The maximum Gasteiger partial charge on any atom is 0.272 e. The van der Waals surface area contributed by atoms with E-state index < -0.39 is 0 Å². The van der Waals surface area contributed by atoms with E-state index in [4.69, 9.17) is 4.74 Å². The molecular weight excluding hydrogens is 376 g/mol. The largest absolute Gasteiger partial charge is 0.496 e.